The minimum Gasteiger partial charge on any atom is -0.468 e. The first-order valence-corrected chi connectivity index (χ1v) is 6.25. The smallest absolute Gasteiger partial charge is 0.319 e. The van der Waals surface area contributed by atoms with E-state index in [0.29, 0.717) is 25.2 Å². The van der Waals surface area contributed by atoms with Gasteiger partial charge in [0.25, 0.3) is 0 Å². The molecule has 0 aliphatic carbocycles. The number of esters is 2. The van der Waals surface area contributed by atoms with Crippen LogP contribution < -0.4 is 0 Å². The minimum atomic E-state index is -0.193. The molecule has 6 heteroatoms. The summed E-state index contributed by atoms with van der Waals surface area (Å²) in [6.07, 6.45) is 2.17. The molecule has 18 heavy (non-hydrogen) atoms. The number of carbonyl (C=O) groups is 2. The molecule has 3 heterocycles. The second-order valence-corrected chi connectivity index (χ2v) is 4.90. The number of piperazine rings is 1. The summed E-state index contributed by atoms with van der Waals surface area (Å²) in [4.78, 5) is 26.9. The lowest BCUT2D eigenvalue weighted by Gasteiger charge is -2.50. The van der Waals surface area contributed by atoms with E-state index in [1.807, 2.05) is 0 Å². The van der Waals surface area contributed by atoms with E-state index < -0.39 is 0 Å². The van der Waals surface area contributed by atoms with E-state index >= 15 is 0 Å². The maximum Gasteiger partial charge on any atom is 0.319 e. The molecule has 0 aromatic heterocycles. The highest BCUT2D eigenvalue weighted by atomic mass is 16.5. The van der Waals surface area contributed by atoms with Gasteiger partial charge in [0.2, 0.25) is 0 Å². The molecule has 0 radical (unpaired) electrons. The molecule has 0 aromatic rings. The molecule has 2 atom stereocenters. The second kappa shape index (κ2) is 5.67. The zero-order chi connectivity index (χ0) is 13.1. The van der Waals surface area contributed by atoms with Crippen molar-refractivity contribution in [1.29, 1.82) is 0 Å². The predicted octanol–water partition coefficient (Wildman–Crippen LogP) is -0.519. The van der Waals surface area contributed by atoms with Gasteiger partial charge >= 0.3 is 11.9 Å². The van der Waals surface area contributed by atoms with E-state index in [2.05, 4.69) is 9.80 Å². The van der Waals surface area contributed by atoms with Crippen molar-refractivity contribution in [3.63, 3.8) is 0 Å². The van der Waals surface area contributed by atoms with Gasteiger partial charge in [-0.25, -0.2) is 0 Å². The van der Waals surface area contributed by atoms with Crippen molar-refractivity contribution in [1.82, 2.24) is 9.80 Å². The summed E-state index contributed by atoms with van der Waals surface area (Å²) in [7, 11) is 2.82. The number of hydrogen-bond donors (Lipinski definition) is 0. The molecule has 3 aliphatic heterocycles. The average Bonchev–Trinajstić information content (AvgIpc) is 2.39. The molecule has 0 N–H and O–H groups in total. The molecule has 3 saturated heterocycles. The van der Waals surface area contributed by atoms with Gasteiger partial charge in [0, 0.05) is 25.2 Å². The molecule has 3 fully saturated rings. The quantitative estimate of drug-likeness (QED) is 0.631. The number of fused-ring (bicyclic) bond motifs is 3. The third-order valence-electron chi connectivity index (χ3n) is 3.88. The average molecular weight is 256 g/mol. The van der Waals surface area contributed by atoms with Crippen LogP contribution in [0.1, 0.15) is 12.8 Å². The molecule has 102 valence electrons. The van der Waals surface area contributed by atoms with Crippen molar-refractivity contribution in [2.24, 2.45) is 0 Å². The lowest BCUT2D eigenvalue weighted by atomic mass is 9.91. The molecular formula is C12H20N2O4. The molecule has 2 unspecified atom stereocenters. The van der Waals surface area contributed by atoms with Crippen molar-refractivity contribution in [2.75, 3.05) is 40.4 Å². The fourth-order valence-electron chi connectivity index (χ4n) is 2.85. The van der Waals surface area contributed by atoms with Crippen LogP contribution >= 0.6 is 0 Å². The first kappa shape index (κ1) is 13.3. The minimum absolute atomic E-state index is 0.193. The topological polar surface area (TPSA) is 59.1 Å². The molecule has 0 aromatic carbocycles. The van der Waals surface area contributed by atoms with Crippen molar-refractivity contribution < 1.29 is 19.1 Å². The van der Waals surface area contributed by atoms with Gasteiger partial charge in [-0.15, -0.1) is 0 Å². The Bertz CT molecular complexity index is 302. The van der Waals surface area contributed by atoms with Gasteiger partial charge in [0.15, 0.2) is 0 Å². The number of rotatable bonds is 4. The van der Waals surface area contributed by atoms with Crippen molar-refractivity contribution in [2.45, 2.75) is 24.9 Å². The van der Waals surface area contributed by atoms with Crippen LogP contribution in [-0.4, -0.2) is 74.2 Å². The molecule has 3 rings (SSSR count). The van der Waals surface area contributed by atoms with E-state index in [9.17, 15) is 9.59 Å². The Morgan fingerprint density at radius 2 is 1.33 bits per heavy atom. The van der Waals surface area contributed by atoms with Crippen LogP contribution in [0.15, 0.2) is 0 Å². The zero-order valence-corrected chi connectivity index (χ0v) is 10.9. The van der Waals surface area contributed by atoms with Crippen molar-refractivity contribution in [3.05, 3.63) is 0 Å². The molecule has 0 amide bonds. The summed E-state index contributed by atoms with van der Waals surface area (Å²) in [6, 6.07) is 0.692. The number of nitrogens with zero attached hydrogens (tertiary/aromatic N) is 2. The second-order valence-electron chi connectivity index (χ2n) is 4.90. The standard InChI is InChI=1S/C12H20N2O4/c1-17-11(15)7-13-5-10-4-3-9(13)6-14(10)8-12(16)18-2/h9-10H,3-8H2,1-2H3. The Morgan fingerprint density at radius 3 is 1.61 bits per heavy atom. The molecular weight excluding hydrogens is 236 g/mol. The van der Waals surface area contributed by atoms with Crippen molar-refractivity contribution >= 4 is 11.9 Å². The molecule has 2 bridgehead atoms. The number of piperidine rings is 2. The number of carbonyl (C=O) groups excluding carboxylic acids is 2. The fraction of sp³-hybridized carbons (Fsp3) is 0.833. The van der Waals surface area contributed by atoms with Gasteiger partial charge < -0.3 is 9.47 Å². The Labute approximate surface area is 107 Å². The van der Waals surface area contributed by atoms with Gasteiger partial charge in [-0.1, -0.05) is 0 Å². The highest BCUT2D eigenvalue weighted by Gasteiger charge is 2.40. The summed E-state index contributed by atoms with van der Waals surface area (Å²) in [5, 5.41) is 0. The largest absolute Gasteiger partial charge is 0.468 e. The Balaban J connectivity index is 1.90. The Kier molecular flexibility index (Phi) is 4.19. The first-order valence-electron chi connectivity index (χ1n) is 6.25. The highest BCUT2D eigenvalue weighted by molar-refractivity contribution is 5.72. The van der Waals surface area contributed by atoms with E-state index in [0.717, 1.165) is 25.9 Å². The number of ether oxygens (including phenoxy) is 2. The Hall–Kier alpha value is -1.14. The van der Waals surface area contributed by atoms with E-state index in [1.165, 1.54) is 14.2 Å². The number of methoxy groups -OCH3 is 2. The van der Waals surface area contributed by atoms with E-state index in [-0.39, 0.29) is 11.9 Å². The summed E-state index contributed by atoms with van der Waals surface area (Å²) in [5.41, 5.74) is 0. The van der Waals surface area contributed by atoms with Gasteiger partial charge in [0.05, 0.1) is 27.3 Å². The number of hydrogen-bond acceptors (Lipinski definition) is 6. The summed E-state index contributed by atoms with van der Waals surface area (Å²) in [5.74, 6) is -0.385. The summed E-state index contributed by atoms with van der Waals surface area (Å²) >= 11 is 0. The monoisotopic (exact) mass is 256 g/mol. The van der Waals surface area contributed by atoms with Gasteiger partial charge in [-0.2, -0.15) is 0 Å². The normalized spacial score (nSPS) is 28.1. The highest BCUT2D eigenvalue weighted by Crippen LogP contribution is 2.28. The maximum atomic E-state index is 11.3. The fourth-order valence-corrected chi connectivity index (χ4v) is 2.85. The molecule has 3 aliphatic rings. The molecule has 0 spiro atoms. The molecule has 6 nitrogen and oxygen atoms in total. The van der Waals surface area contributed by atoms with E-state index in [4.69, 9.17) is 9.47 Å². The lowest BCUT2D eigenvalue weighted by Crippen LogP contribution is -2.64. The summed E-state index contributed by atoms with van der Waals surface area (Å²) < 4.78 is 9.40. The van der Waals surface area contributed by atoms with Gasteiger partial charge in [-0.3, -0.25) is 19.4 Å². The molecule has 0 saturated carbocycles. The van der Waals surface area contributed by atoms with Crippen LogP contribution in [0.2, 0.25) is 0 Å². The zero-order valence-electron chi connectivity index (χ0n) is 10.9. The van der Waals surface area contributed by atoms with Crippen LogP contribution in [-0.2, 0) is 19.1 Å². The van der Waals surface area contributed by atoms with Crippen LogP contribution in [0.3, 0.4) is 0 Å². The third-order valence-corrected chi connectivity index (χ3v) is 3.88. The van der Waals surface area contributed by atoms with Crippen molar-refractivity contribution in [3.8, 4) is 0 Å². The third kappa shape index (κ3) is 2.81. The Morgan fingerprint density at radius 1 is 0.944 bits per heavy atom. The van der Waals surface area contributed by atoms with Crippen LogP contribution in [0.4, 0.5) is 0 Å². The first-order chi connectivity index (χ1) is 8.63. The van der Waals surface area contributed by atoms with Crippen LogP contribution in [0.5, 0.6) is 0 Å². The van der Waals surface area contributed by atoms with Gasteiger partial charge in [-0.05, 0) is 12.8 Å². The van der Waals surface area contributed by atoms with Gasteiger partial charge in [0.1, 0.15) is 0 Å². The lowest BCUT2D eigenvalue weighted by molar-refractivity contribution is -0.149. The van der Waals surface area contributed by atoms with Crippen LogP contribution in [0.25, 0.3) is 0 Å². The predicted molar refractivity (Wildman–Crippen MR) is 64.0 cm³/mol. The SMILES string of the molecule is COC(=O)CN1CC2CCC1CN2CC(=O)OC. The maximum absolute atomic E-state index is 11.3. The summed E-state index contributed by atoms with van der Waals surface area (Å²) in [6.45, 7) is 2.36. The van der Waals surface area contributed by atoms with E-state index in [1.54, 1.807) is 0 Å². The van der Waals surface area contributed by atoms with Crippen LogP contribution in [0, 0.1) is 0 Å².